The van der Waals surface area contributed by atoms with Crippen LogP contribution in [0.5, 0.6) is 28.7 Å². The third kappa shape index (κ3) is 5.90. The van der Waals surface area contributed by atoms with Gasteiger partial charge in [0.2, 0.25) is 5.75 Å². The van der Waals surface area contributed by atoms with Gasteiger partial charge in [-0.1, -0.05) is 12.1 Å². The lowest BCUT2D eigenvalue weighted by atomic mass is 10.1. The molecule has 1 unspecified atom stereocenters. The van der Waals surface area contributed by atoms with Crippen LogP contribution in [0.25, 0.3) is 0 Å². The van der Waals surface area contributed by atoms with Crippen LogP contribution in [0.4, 0.5) is 5.69 Å². The molecule has 11 nitrogen and oxygen atoms in total. The number of rotatable bonds is 8. The van der Waals surface area contributed by atoms with E-state index in [1.54, 1.807) is 36.4 Å². The minimum atomic E-state index is -0.547. The summed E-state index contributed by atoms with van der Waals surface area (Å²) in [5.74, 6) is 7.65. The Hall–Kier alpha value is -3.83. The number of amides is 1. The van der Waals surface area contributed by atoms with Gasteiger partial charge in [0, 0.05) is 18.3 Å². The average Bonchev–Trinajstić information content (AvgIpc) is 2.82. The molecule has 1 amide bonds. The maximum atomic E-state index is 12.4. The first-order chi connectivity index (χ1) is 15.8. The van der Waals surface area contributed by atoms with Gasteiger partial charge in [-0.15, -0.1) is 0 Å². The Morgan fingerprint density at radius 3 is 2.09 bits per heavy atom. The third-order valence-electron chi connectivity index (χ3n) is 4.81. The molecular weight excluding hydrogens is 432 g/mol. The monoisotopic (exact) mass is 462 g/mol. The van der Waals surface area contributed by atoms with Crippen molar-refractivity contribution in [1.82, 2.24) is 5.01 Å². The molecular formula is C22H30N4O7. The van der Waals surface area contributed by atoms with Crippen molar-refractivity contribution in [2.24, 2.45) is 11.6 Å². The van der Waals surface area contributed by atoms with Crippen LogP contribution < -0.4 is 35.4 Å². The first-order valence-electron chi connectivity index (χ1n) is 9.84. The second-order valence-corrected chi connectivity index (χ2v) is 6.83. The van der Waals surface area contributed by atoms with Gasteiger partial charge in [0.05, 0.1) is 53.0 Å². The molecule has 1 heterocycles. The molecule has 1 aliphatic rings. The zero-order chi connectivity index (χ0) is 24.5. The number of carbonyl (C=O) groups is 1. The number of aliphatic hydroxyl groups excluding tert-OH is 1. The number of hydrazine groups is 1. The molecule has 0 bridgehead atoms. The van der Waals surface area contributed by atoms with E-state index in [1.165, 1.54) is 44.5 Å². The molecule has 2 aromatic rings. The number of nitrogens with zero attached hydrogens (tertiary/aromatic N) is 2. The molecule has 2 aromatic carbocycles. The number of β-lactam (4-membered cyclic amide) rings is 1. The van der Waals surface area contributed by atoms with E-state index in [0.29, 0.717) is 35.2 Å². The first kappa shape index (κ1) is 25.4. The summed E-state index contributed by atoms with van der Waals surface area (Å²) in [5, 5.41) is 19.1. The molecule has 0 aliphatic carbocycles. The van der Waals surface area contributed by atoms with Crippen LogP contribution in [-0.2, 0) is 4.79 Å². The maximum Gasteiger partial charge on any atom is 0.253 e. The van der Waals surface area contributed by atoms with Crippen LogP contribution in [0.1, 0.15) is 0 Å². The topological polar surface area (TPSA) is 153 Å². The summed E-state index contributed by atoms with van der Waals surface area (Å²) in [6.07, 6.45) is 1.34. The largest absolute Gasteiger partial charge is 0.504 e. The molecule has 0 aromatic heterocycles. The Morgan fingerprint density at radius 1 is 1.09 bits per heavy atom. The lowest BCUT2D eigenvalue weighted by molar-refractivity contribution is -0.127. The van der Waals surface area contributed by atoms with Crippen molar-refractivity contribution in [3.8, 4) is 28.7 Å². The first-order valence-corrected chi connectivity index (χ1v) is 9.84. The van der Waals surface area contributed by atoms with Gasteiger partial charge >= 0.3 is 0 Å². The summed E-state index contributed by atoms with van der Waals surface area (Å²) >= 11 is 0. The number of anilines is 1. The highest BCUT2D eigenvalue weighted by atomic mass is 16.5. The highest BCUT2D eigenvalue weighted by molar-refractivity contribution is 6.04. The lowest BCUT2D eigenvalue weighted by Crippen LogP contribution is -2.64. The van der Waals surface area contributed by atoms with E-state index in [9.17, 15) is 4.79 Å². The number of aromatic hydroxyl groups is 1. The molecule has 33 heavy (non-hydrogen) atoms. The van der Waals surface area contributed by atoms with Gasteiger partial charge in [-0.25, -0.2) is 5.84 Å². The number of phenolic OH excluding ortho intramolecular Hbond substituents is 1. The molecule has 1 saturated heterocycles. The second kappa shape index (κ2) is 11.7. The molecule has 1 aliphatic heterocycles. The molecule has 0 radical (unpaired) electrons. The number of ether oxygens (including phenoxy) is 4. The van der Waals surface area contributed by atoms with Crippen LogP contribution in [0.2, 0.25) is 0 Å². The van der Waals surface area contributed by atoms with Crippen molar-refractivity contribution >= 4 is 11.6 Å². The number of methoxy groups -OCH3 is 4. The van der Waals surface area contributed by atoms with Crippen molar-refractivity contribution in [2.45, 2.75) is 6.04 Å². The number of hydrogen-bond donors (Lipinski definition) is 4. The molecule has 6 N–H and O–H groups in total. The molecule has 0 saturated carbocycles. The fourth-order valence-corrected chi connectivity index (χ4v) is 3.04. The Kier molecular flexibility index (Phi) is 9.01. The zero-order valence-electron chi connectivity index (χ0n) is 19.0. The van der Waals surface area contributed by atoms with Gasteiger partial charge in [0.25, 0.3) is 5.91 Å². The van der Waals surface area contributed by atoms with Gasteiger partial charge in [0.1, 0.15) is 6.04 Å². The average molecular weight is 463 g/mol. The predicted molar refractivity (Wildman–Crippen MR) is 122 cm³/mol. The summed E-state index contributed by atoms with van der Waals surface area (Å²) in [4.78, 5) is 13.9. The quantitative estimate of drug-likeness (QED) is 0.252. The number of para-hydroxylation sites is 2. The van der Waals surface area contributed by atoms with Crippen LogP contribution in [-0.4, -0.2) is 68.8 Å². The summed E-state index contributed by atoms with van der Waals surface area (Å²) in [5.41, 5.74) is 6.29. The number of aliphatic hydroxyl groups is 1. The van der Waals surface area contributed by atoms with Crippen LogP contribution >= 0.6 is 0 Å². The predicted octanol–water partition coefficient (Wildman–Crippen LogP) is 0.797. The van der Waals surface area contributed by atoms with E-state index in [2.05, 4.69) is 0 Å². The fourth-order valence-electron chi connectivity index (χ4n) is 3.04. The SMILES string of the molecule is COc1cc(N2CC(N(N)/C=C(\N)CO)C2=O)cc(OC)c1OC.COc1ccccc1O. The Labute approximate surface area is 192 Å². The van der Waals surface area contributed by atoms with E-state index in [-0.39, 0.29) is 24.0 Å². The van der Waals surface area contributed by atoms with Crippen molar-refractivity contribution in [3.05, 3.63) is 48.3 Å². The number of benzene rings is 2. The van der Waals surface area contributed by atoms with E-state index in [0.717, 1.165) is 0 Å². The van der Waals surface area contributed by atoms with Gasteiger partial charge < -0.3 is 44.8 Å². The van der Waals surface area contributed by atoms with Crippen molar-refractivity contribution < 1.29 is 34.0 Å². The lowest BCUT2D eigenvalue weighted by Gasteiger charge is -2.42. The third-order valence-corrected chi connectivity index (χ3v) is 4.81. The molecule has 0 spiro atoms. The van der Waals surface area contributed by atoms with Crippen LogP contribution in [0.15, 0.2) is 48.3 Å². The Bertz CT molecular complexity index is 958. The van der Waals surface area contributed by atoms with E-state index >= 15 is 0 Å². The van der Waals surface area contributed by atoms with E-state index < -0.39 is 6.04 Å². The van der Waals surface area contributed by atoms with Crippen molar-refractivity contribution in [1.29, 1.82) is 0 Å². The summed E-state index contributed by atoms with van der Waals surface area (Å²) in [6, 6.07) is 9.67. The van der Waals surface area contributed by atoms with Crippen molar-refractivity contribution in [3.63, 3.8) is 0 Å². The van der Waals surface area contributed by atoms with Crippen LogP contribution in [0.3, 0.4) is 0 Å². The van der Waals surface area contributed by atoms with Gasteiger partial charge in [-0.3, -0.25) is 4.79 Å². The van der Waals surface area contributed by atoms with E-state index in [1.807, 2.05) is 0 Å². The van der Waals surface area contributed by atoms with Gasteiger partial charge in [0.15, 0.2) is 23.0 Å². The second-order valence-electron chi connectivity index (χ2n) is 6.83. The Morgan fingerprint density at radius 2 is 1.67 bits per heavy atom. The summed E-state index contributed by atoms with van der Waals surface area (Å²) in [6.45, 7) is 0.0361. The number of phenols is 1. The minimum absolute atomic E-state index is 0.177. The zero-order valence-corrected chi connectivity index (χ0v) is 19.0. The van der Waals surface area contributed by atoms with Gasteiger partial charge in [-0.2, -0.15) is 0 Å². The highest BCUT2D eigenvalue weighted by Gasteiger charge is 2.41. The molecule has 11 heteroatoms. The van der Waals surface area contributed by atoms with Crippen LogP contribution in [0, 0.1) is 0 Å². The Balaban J connectivity index is 0.000000357. The normalized spacial score (nSPS) is 15.1. The molecule has 1 atom stereocenters. The summed E-state index contributed by atoms with van der Waals surface area (Å²) < 4.78 is 20.6. The van der Waals surface area contributed by atoms with Crippen molar-refractivity contribution in [2.75, 3.05) is 46.5 Å². The molecule has 1 fully saturated rings. The van der Waals surface area contributed by atoms with Gasteiger partial charge in [-0.05, 0) is 12.1 Å². The van der Waals surface area contributed by atoms with E-state index in [4.69, 9.17) is 40.7 Å². The number of carbonyl (C=O) groups excluding carboxylic acids is 1. The number of nitrogens with two attached hydrogens (primary N) is 2. The highest BCUT2D eigenvalue weighted by Crippen LogP contribution is 2.42. The molecule has 180 valence electrons. The smallest absolute Gasteiger partial charge is 0.253 e. The fraction of sp³-hybridized carbons (Fsp3) is 0.318. The molecule has 3 rings (SSSR count). The number of hydrogen-bond acceptors (Lipinski definition) is 10. The maximum absolute atomic E-state index is 12.4. The standard InChI is InChI=1S/C15H22N4O5.C7H8O2/c1-22-12-4-10(5-13(23-2)14(12)24-3)18-7-11(15(18)21)19(17)6-9(16)8-20;1-9-7-5-3-2-4-6(7)8/h4-6,11,20H,7-8,16-17H2,1-3H3;2-5,8H,1H3/b9-6-;. The minimum Gasteiger partial charge on any atom is -0.504 e. The summed E-state index contributed by atoms with van der Waals surface area (Å²) in [7, 11) is 6.04.